The normalized spacial score (nSPS) is 26.8. The highest BCUT2D eigenvalue weighted by Gasteiger charge is 2.27. The van der Waals surface area contributed by atoms with Crippen LogP contribution in [0.1, 0.15) is 42.9 Å². The first-order valence-electron chi connectivity index (χ1n) is 8.51. The fraction of sp³-hybridized carbons (Fsp3) is 0.667. The predicted octanol–water partition coefficient (Wildman–Crippen LogP) is 2.42. The fourth-order valence-electron chi connectivity index (χ4n) is 3.94. The summed E-state index contributed by atoms with van der Waals surface area (Å²) in [6, 6.07) is 9.39. The highest BCUT2D eigenvalue weighted by atomic mass is 15.2. The summed E-state index contributed by atoms with van der Waals surface area (Å²) in [5.74, 6) is 0. The molecule has 1 heterocycles. The van der Waals surface area contributed by atoms with Crippen LogP contribution in [-0.4, -0.2) is 49.1 Å². The number of benzene rings is 1. The lowest BCUT2D eigenvalue weighted by Gasteiger charge is -2.33. The fourth-order valence-corrected chi connectivity index (χ4v) is 3.94. The molecule has 21 heavy (non-hydrogen) atoms. The van der Waals surface area contributed by atoms with Gasteiger partial charge in [-0.15, -0.1) is 0 Å². The molecule has 1 aliphatic heterocycles. The second-order valence-corrected chi connectivity index (χ2v) is 6.71. The van der Waals surface area contributed by atoms with Gasteiger partial charge in [-0.3, -0.25) is 0 Å². The highest BCUT2D eigenvalue weighted by Crippen LogP contribution is 2.29. The molecule has 3 heteroatoms. The van der Waals surface area contributed by atoms with Crippen molar-refractivity contribution in [3.8, 4) is 0 Å². The summed E-state index contributed by atoms with van der Waals surface area (Å²) >= 11 is 0. The van der Waals surface area contributed by atoms with Gasteiger partial charge in [0.2, 0.25) is 0 Å². The van der Waals surface area contributed by atoms with Gasteiger partial charge in [-0.1, -0.05) is 24.3 Å². The SMILES string of the molecule is CN(CCN1CCCC1)C1CCCc2ccccc2C1N. The van der Waals surface area contributed by atoms with Crippen LogP contribution >= 0.6 is 0 Å². The third-order valence-electron chi connectivity index (χ3n) is 5.31. The molecule has 0 saturated carbocycles. The second kappa shape index (κ2) is 6.91. The van der Waals surface area contributed by atoms with Crippen molar-refractivity contribution < 1.29 is 0 Å². The van der Waals surface area contributed by atoms with Crippen molar-refractivity contribution in [3.05, 3.63) is 35.4 Å². The molecule has 3 nitrogen and oxygen atoms in total. The number of nitrogens with zero attached hydrogens (tertiary/aromatic N) is 2. The molecule has 1 aromatic carbocycles. The van der Waals surface area contributed by atoms with Crippen molar-refractivity contribution in [2.45, 2.75) is 44.2 Å². The third kappa shape index (κ3) is 3.47. The summed E-state index contributed by atoms with van der Waals surface area (Å²) in [6.07, 6.45) is 6.40. The van der Waals surface area contributed by atoms with Crippen LogP contribution in [0.4, 0.5) is 0 Å². The summed E-state index contributed by atoms with van der Waals surface area (Å²) in [4.78, 5) is 5.09. The molecule has 1 fully saturated rings. The van der Waals surface area contributed by atoms with Crippen molar-refractivity contribution in [2.75, 3.05) is 33.2 Å². The van der Waals surface area contributed by atoms with E-state index in [4.69, 9.17) is 5.73 Å². The van der Waals surface area contributed by atoms with Crippen molar-refractivity contribution in [1.82, 2.24) is 9.80 Å². The average Bonchev–Trinajstić information content (AvgIpc) is 2.96. The smallest absolute Gasteiger partial charge is 0.0455 e. The number of nitrogens with two attached hydrogens (primary N) is 1. The van der Waals surface area contributed by atoms with Gasteiger partial charge in [0.1, 0.15) is 0 Å². The molecular weight excluding hydrogens is 258 g/mol. The number of likely N-dealkylation sites (N-methyl/N-ethyl adjacent to an activating group) is 1. The molecule has 1 aromatic rings. The highest BCUT2D eigenvalue weighted by molar-refractivity contribution is 5.32. The zero-order valence-corrected chi connectivity index (χ0v) is 13.3. The molecule has 3 rings (SSSR count). The minimum absolute atomic E-state index is 0.160. The summed E-state index contributed by atoms with van der Waals surface area (Å²) in [7, 11) is 2.26. The van der Waals surface area contributed by atoms with E-state index in [1.165, 1.54) is 62.9 Å². The summed E-state index contributed by atoms with van der Waals surface area (Å²) in [6.45, 7) is 4.91. The molecule has 1 saturated heterocycles. The third-order valence-corrected chi connectivity index (χ3v) is 5.31. The van der Waals surface area contributed by atoms with E-state index in [0.717, 1.165) is 6.54 Å². The molecule has 0 aromatic heterocycles. The van der Waals surface area contributed by atoms with Crippen LogP contribution in [0.5, 0.6) is 0 Å². The zero-order chi connectivity index (χ0) is 14.7. The van der Waals surface area contributed by atoms with Crippen molar-refractivity contribution in [1.29, 1.82) is 0 Å². The number of hydrogen-bond acceptors (Lipinski definition) is 3. The molecule has 0 amide bonds. The Morgan fingerprint density at radius 2 is 1.95 bits per heavy atom. The van der Waals surface area contributed by atoms with Crippen LogP contribution in [0.15, 0.2) is 24.3 Å². The lowest BCUT2D eigenvalue weighted by Crippen LogP contribution is -2.43. The second-order valence-electron chi connectivity index (χ2n) is 6.71. The number of hydrogen-bond donors (Lipinski definition) is 1. The Morgan fingerprint density at radius 3 is 2.76 bits per heavy atom. The van der Waals surface area contributed by atoms with Crippen LogP contribution in [0.3, 0.4) is 0 Å². The molecule has 0 bridgehead atoms. The first-order chi connectivity index (χ1) is 10.3. The Bertz CT molecular complexity index is 454. The van der Waals surface area contributed by atoms with Crippen LogP contribution in [-0.2, 0) is 6.42 Å². The standard InChI is InChI=1S/C18H29N3/c1-20(13-14-21-11-4-5-12-21)17-10-6-8-15-7-2-3-9-16(15)18(17)19/h2-3,7,9,17-18H,4-6,8,10-14,19H2,1H3. The number of aryl methyl sites for hydroxylation is 1. The van der Waals surface area contributed by atoms with E-state index in [-0.39, 0.29) is 6.04 Å². The van der Waals surface area contributed by atoms with Crippen molar-refractivity contribution in [3.63, 3.8) is 0 Å². The van der Waals surface area contributed by atoms with Gasteiger partial charge in [0.15, 0.2) is 0 Å². The topological polar surface area (TPSA) is 32.5 Å². The first kappa shape index (κ1) is 15.0. The predicted molar refractivity (Wildman–Crippen MR) is 88.4 cm³/mol. The average molecular weight is 287 g/mol. The monoisotopic (exact) mass is 287 g/mol. The molecule has 0 radical (unpaired) electrons. The van der Waals surface area contributed by atoms with Gasteiger partial charge in [-0.05, 0) is 63.4 Å². The number of fused-ring (bicyclic) bond motifs is 1. The Balaban J connectivity index is 1.63. The summed E-state index contributed by atoms with van der Waals surface area (Å²) < 4.78 is 0. The maximum absolute atomic E-state index is 6.62. The Kier molecular flexibility index (Phi) is 4.94. The lowest BCUT2D eigenvalue weighted by molar-refractivity contribution is 0.176. The minimum Gasteiger partial charge on any atom is -0.323 e. The van der Waals surface area contributed by atoms with E-state index < -0.39 is 0 Å². The van der Waals surface area contributed by atoms with E-state index in [1.54, 1.807) is 0 Å². The summed E-state index contributed by atoms with van der Waals surface area (Å²) in [5, 5.41) is 0. The molecule has 1 aliphatic carbocycles. The largest absolute Gasteiger partial charge is 0.323 e. The molecule has 116 valence electrons. The van der Waals surface area contributed by atoms with Gasteiger partial charge in [0, 0.05) is 25.2 Å². The van der Waals surface area contributed by atoms with E-state index in [2.05, 4.69) is 41.1 Å². The minimum atomic E-state index is 0.160. The van der Waals surface area contributed by atoms with Crippen LogP contribution in [0.2, 0.25) is 0 Å². The van der Waals surface area contributed by atoms with E-state index in [0.29, 0.717) is 6.04 Å². The number of rotatable bonds is 4. The molecular formula is C18H29N3. The Labute approximate surface area is 129 Å². The number of likely N-dealkylation sites (tertiary alicyclic amines) is 1. The molecule has 2 atom stereocenters. The quantitative estimate of drug-likeness (QED) is 0.863. The van der Waals surface area contributed by atoms with Gasteiger partial charge < -0.3 is 15.5 Å². The first-order valence-corrected chi connectivity index (χ1v) is 8.51. The zero-order valence-electron chi connectivity index (χ0n) is 13.3. The van der Waals surface area contributed by atoms with Crippen molar-refractivity contribution in [2.24, 2.45) is 5.73 Å². The van der Waals surface area contributed by atoms with Gasteiger partial charge in [0.05, 0.1) is 0 Å². The Hall–Kier alpha value is -0.900. The van der Waals surface area contributed by atoms with E-state index >= 15 is 0 Å². The van der Waals surface area contributed by atoms with Gasteiger partial charge in [-0.25, -0.2) is 0 Å². The summed E-state index contributed by atoms with van der Waals surface area (Å²) in [5.41, 5.74) is 9.45. The maximum atomic E-state index is 6.62. The van der Waals surface area contributed by atoms with Crippen LogP contribution in [0.25, 0.3) is 0 Å². The van der Waals surface area contributed by atoms with Gasteiger partial charge >= 0.3 is 0 Å². The van der Waals surface area contributed by atoms with E-state index in [9.17, 15) is 0 Å². The van der Waals surface area contributed by atoms with Crippen molar-refractivity contribution >= 4 is 0 Å². The molecule has 0 spiro atoms. The van der Waals surface area contributed by atoms with Gasteiger partial charge in [0.25, 0.3) is 0 Å². The lowest BCUT2D eigenvalue weighted by atomic mass is 9.96. The molecule has 2 aliphatic rings. The van der Waals surface area contributed by atoms with Crippen LogP contribution in [0, 0.1) is 0 Å². The molecule has 2 unspecified atom stereocenters. The molecule has 2 N–H and O–H groups in total. The van der Waals surface area contributed by atoms with Crippen LogP contribution < -0.4 is 5.73 Å². The Morgan fingerprint density at radius 1 is 1.19 bits per heavy atom. The van der Waals surface area contributed by atoms with Gasteiger partial charge in [-0.2, -0.15) is 0 Å². The van der Waals surface area contributed by atoms with E-state index in [1.807, 2.05) is 0 Å². The maximum Gasteiger partial charge on any atom is 0.0455 e.